The molecule has 1 saturated heterocycles. The van der Waals surface area contributed by atoms with Crippen LogP contribution < -0.4 is 4.74 Å². The third kappa shape index (κ3) is 2.58. The van der Waals surface area contributed by atoms with Gasteiger partial charge in [-0.1, -0.05) is 6.07 Å². The summed E-state index contributed by atoms with van der Waals surface area (Å²) in [5, 5.41) is 10.4. The zero-order valence-corrected chi connectivity index (χ0v) is 11.7. The minimum atomic E-state index is -0.0964. The molecule has 0 spiro atoms. The number of hydrogen-bond acceptors (Lipinski definition) is 5. The summed E-state index contributed by atoms with van der Waals surface area (Å²) in [4.78, 5) is 18.1. The summed E-state index contributed by atoms with van der Waals surface area (Å²) in [6.45, 7) is 0. The molecule has 0 saturated carbocycles. The van der Waals surface area contributed by atoms with Gasteiger partial charge in [0.25, 0.3) is 5.91 Å². The zero-order valence-electron chi connectivity index (χ0n) is 10.9. The minimum Gasteiger partial charge on any atom is -0.504 e. The molecule has 1 fully saturated rings. The van der Waals surface area contributed by atoms with Gasteiger partial charge in [-0.25, -0.2) is 0 Å². The van der Waals surface area contributed by atoms with E-state index in [-0.39, 0.29) is 11.7 Å². The molecular weight excluding hydrogens is 264 g/mol. The Kier molecular flexibility index (Phi) is 3.80. The van der Waals surface area contributed by atoms with Crippen LogP contribution in [0.2, 0.25) is 0 Å². The van der Waals surface area contributed by atoms with E-state index in [2.05, 4.69) is 4.99 Å². The number of benzene rings is 1. The largest absolute Gasteiger partial charge is 0.504 e. The fourth-order valence-corrected chi connectivity index (χ4v) is 2.62. The number of rotatable bonds is 2. The normalized spacial score (nSPS) is 19.5. The van der Waals surface area contributed by atoms with Crippen molar-refractivity contribution in [3.8, 4) is 11.5 Å². The Morgan fingerprint density at radius 2 is 2.21 bits per heavy atom. The average molecular weight is 278 g/mol. The molecule has 0 aliphatic carbocycles. The SMILES string of the molecule is CN=C1S/C(=C/c2ccc(OC)c(O)c2)C(=O)N1C. The standard InChI is InChI=1S/C13H14N2O3S/c1-14-13-15(2)12(17)11(19-13)7-8-4-5-10(18-3)9(16)6-8/h4-7,16H,1-3H3/b11-7+,14-13?. The van der Waals surface area contributed by atoms with Gasteiger partial charge in [0.05, 0.1) is 12.0 Å². The molecule has 1 aliphatic heterocycles. The van der Waals surface area contributed by atoms with Gasteiger partial charge in [0.2, 0.25) is 0 Å². The van der Waals surface area contributed by atoms with Gasteiger partial charge in [-0.05, 0) is 35.5 Å². The third-order valence-electron chi connectivity index (χ3n) is 2.70. The number of thioether (sulfide) groups is 1. The molecule has 0 unspecified atom stereocenters. The van der Waals surface area contributed by atoms with Crippen LogP contribution in [-0.4, -0.2) is 42.3 Å². The molecule has 1 aromatic rings. The van der Waals surface area contributed by atoms with Gasteiger partial charge in [0, 0.05) is 14.1 Å². The first-order valence-corrected chi connectivity index (χ1v) is 6.40. The second-order valence-electron chi connectivity index (χ2n) is 3.91. The lowest BCUT2D eigenvalue weighted by atomic mass is 10.2. The first kappa shape index (κ1) is 13.5. The van der Waals surface area contributed by atoms with Gasteiger partial charge in [0.1, 0.15) is 0 Å². The van der Waals surface area contributed by atoms with Gasteiger partial charge in [0.15, 0.2) is 16.7 Å². The number of carbonyl (C=O) groups is 1. The molecule has 1 heterocycles. The molecule has 2 rings (SSSR count). The van der Waals surface area contributed by atoms with E-state index in [4.69, 9.17) is 4.74 Å². The van der Waals surface area contributed by atoms with Crippen LogP contribution in [0.4, 0.5) is 0 Å². The van der Waals surface area contributed by atoms with E-state index in [0.29, 0.717) is 15.8 Å². The van der Waals surface area contributed by atoms with Crippen molar-refractivity contribution in [3.05, 3.63) is 28.7 Å². The van der Waals surface area contributed by atoms with Crippen LogP contribution in [-0.2, 0) is 4.79 Å². The maximum atomic E-state index is 12.0. The highest BCUT2D eigenvalue weighted by atomic mass is 32.2. The van der Waals surface area contributed by atoms with Crippen molar-refractivity contribution in [1.29, 1.82) is 0 Å². The molecule has 6 heteroatoms. The van der Waals surface area contributed by atoms with Crippen molar-refractivity contribution in [2.75, 3.05) is 21.2 Å². The summed E-state index contributed by atoms with van der Waals surface area (Å²) in [6, 6.07) is 4.99. The maximum absolute atomic E-state index is 12.0. The van der Waals surface area contributed by atoms with Gasteiger partial charge < -0.3 is 9.84 Å². The Balaban J connectivity index is 2.32. The predicted molar refractivity (Wildman–Crippen MR) is 76.4 cm³/mol. The van der Waals surface area contributed by atoms with Crippen molar-refractivity contribution < 1.29 is 14.6 Å². The topological polar surface area (TPSA) is 62.1 Å². The Morgan fingerprint density at radius 1 is 1.47 bits per heavy atom. The summed E-state index contributed by atoms with van der Waals surface area (Å²) in [5.74, 6) is 0.353. The highest BCUT2D eigenvalue weighted by molar-refractivity contribution is 8.18. The number of methoxy groups -OCH3 is 1. The molecule has 0 aromatic heterocycles. The van der Waals surface area contributed by atoms with Crippen molar-refractivity contribution in [1.82, 2.24) is 4.90 Å². The van der Waals surface area contributed by atoms with E-state index in [1.54, 1.807) is 38.4 Å². The van der Waals surface area contributed by atoms with E-state index in [1.807, 2.05) is 0 Å². The molecule has 5 nitrogen and oxygen atoms in total. The molecule has 1 aromatic carbocycles. The van der Waals surface area contributed by atoms with Crippen LogP contribution in [0.15, 0.2) is 28.1 Å². The van der Waals surface area contributed by atoms with Crippen LogP contribution in [0.5, 0.6) is 11.5 Å². The van der Waals surface area contributed by atoms with Gasteiger partial charge in [-0.3, -0.25) is 14.7 Å². The highest BCUT2D eigenvalue weighted by Crippen LogP contribution is 2.33. The smallest absolute Gasteiger partial charge is 0.266 e. The van der Waals surface area contributed by atoms with E-state index in [9.17, 15) is 9.90 Å². The average Bonchev–Trinajstić information content (AvgIpc) is 2.67. The second kappa shape index (κ2) is 5.36. The quantitative estimate of drug-likeness (QED) is 0.840. The number of phenols is 1. The van der Waals surface area contributed by atoms with Gasteiger partial charge in [-0.2, -0.15) is 0 Å². The number of ether oxygens (including phenoxy) is 1. The maximum Gasteiger partial charge on any atom is 0.266 e. The number of phenolic OH excluding ortho intramolecular Hbond substituents is 1. The summed E-state index contributed by atoms with van der Waals surface area (Å²) in [5.41, 5.74) is 0.736. The molecule has 0 radical (unpaired) electrons. The fraction of sp³-hybridized carbons (Fsp3) is 0.231. The fourth-order valence-electron chi connectivity index (χ4n) is 1.70. The number of hydrogen-bond donors (Lipinski definition) is 1. The minimum absolute atomic E-state index is 0.0463. The summed E-state index contributed by atoms with van der Waals surface area (Å²) >= 11 is 1.31. The lowest BCUT2D eigenvalue weighted by Crippen LogP contribution is -2.23. The van der Waals surface area contributed by atoms with Gasteiger partial charge >= 0.3 is 0 Å². The van der Waals surface area contributed by atoms with Crippen LogP contribution in [0.1, 0.15) is 5.56 Å². The van der Waals surface area contributed by atoms with Crippen molar-refractivity contribution >= 4 is 28.9 Å². The van der Waals surface area contributed by atoms with E-state index in [0.717, 1.165) is 5.56 Å². The number of likely N-dealkylation sites (N-methyl/N-ethyl adjacent to an activating group) is 1. The molecule has 1 amide bonds. The van der Waals surface area contributed by atoms with Crippen molar-refractivity contribution in [3.63, 3.8) is 0 Å². The second-order valence-corrected chi connectivity index (χ2v) is 4.92. The van der Waals surface area contributed by atoms with E-state index < -0.39 is 0 Å². The zero-order chi connectivity index (χ0) is 14.0. The monoisotopic (exact) mass is 278 g/mol. The summed E-state index contributed by atoms with van der Waals surface area (Å²) in [6.07, 6.45) is 1.72. The molecule has 1 aliphatic rings. The summed E-state index contributed by atoms with van der Waals surface area (Å²) < 4.78 is 4.97. The van der Waals surface area contributed by atoms with Crippen LogP contribution in [0.25, 0.3) is 6.08 Å². The molecule has 1 N–H and O–H groups in total. The third-order valence-corrected chi connectivity index (χ3v) is 3.85. The molecule has 19 heavy (non-hydrogen) atoms. The predicted octanol–water partition coefficient (Wildman–Crippen LogP) is 1.93. The number of carbonyl (C=O) groups excluding carboxylic acids is 1. The Morgan fingerprint density at radius 3 is 2.74 bits per heavy atom. The lowest BCUT2D eigenvalue weighted by Gasteiger charge is -2.05. The van der Waals surface area contributed by atoms with Crippen molar-refractivity contribution in [2.45, 2.75) is 0 Å². The van der Waals surface area contributed by atoms with Crippen LogP contribution in [0, 0.1) is 0 Å². The number of nitrogens with zero attached hydrogens (tertiary/aromatic N) is 2. The number of amidine groups is 1. The number of aliphatic imine (C=N–C) groups is 1. The lowest BCUT2D eigenvalue weighted by molar-refractivity contribution is -0.121. The molecule has 0 atom stereocenters. The first-order chi connectivity index (χ1) is 9.06. The molecule has 0 bridgehead atoms. The Labute approximate surface area is 115 Å². The van der Waals surface area contributed by atoms with Gasteiger partial charge in [-0.15, -0.1) is 0 Å². The first-order valence-electron chi connectivity index (χ1n) is 5.58. The van der Waals surface area contributed by atoms with Crippen LogP contribution in [0.3, 0.4) is 0 Å². The van der Waals surface area contributed by atoms with Crippen LogP contribution >= 0.6 is 11.8 Å². The van der Waals surface area contributed by atoms with E-state index in [1.165, 1.54) is 23.8 Å². The van der Waals surface area contributed by atoms with Crippen molar-refractivity contribution in [2.24, 2.45) is 4.99 Å². The Hall–Kier alpha value is -1.95. The highest BCUT2D eigenvalue weighted by Gasteiger charge is 2.29. The van der Waals surface area contributed by atoms with E-state index >= 15 is 0 Å². The number of aromatic hydroxyl groups is 1. The summed E-state index contributed by atoms with van der Waals surface area (Å²) in [7, 11) is 4.82. The molecular formula is C13H14N2O3S. The molecule has 100 valence electrons. The number of amides is 1. The Bertz CT molecular complexity index is 581.